The lowest BCUT2D eigenvalue weighted by Crippen LogP contribution is -2.49. The highest BCUT2D eigenvalue weighted by atomic mass is 35.5. The highest BCUT2D eigenvalue weighted by molar-refractivity contribution is 7.89. The first-order valence-electron chi connectivity index (χ1n) is 9.09. The third-order valence-corrected chi connectivity index (χ3v) is 6.85. The quantitative estimate of drug-likeness (QED) is 0.660. The number of hydrogen-bond donors (Lipinski definition) is 0. The Morgan fingerprint density at radius 3 is 2.39 bits per heavy atom. The molecule has 1 unspecified atom stereocenters. The molecule has 28 heavy (non-hydrogen) atoms. The van der Waals surface area contributed by atoms with Crippen molar-refractivity contribution < 1.29 is 22.4 Å². The van der Waals surface area contributed by atoms with Crippen molar-refractivity contribution in [1.82, 2.24) is 9.21 Å². The number of nitrogens with zero attached hydrogens (tertiary/aromatic N) is 2. The van der Waals surface area contributed by atoms with Gasteiger partial charge in [0.1, 0.15) is 0 Å². The van der Waals surface area contributed by atoms with Crippen LogP contribution in [0.1, 0.15) is 36.0 Å². The van der Waals surface area contributed by atoms with Crippen LogP contribution in [0.5, 0.6) is 0 Å². The molecular formula is C19H23ClN2O5S. The number of carbonyl (C=O) groups is 1. The fourth-order valence-corrected chi connectivity index (χ4v) is 4.64. The van der Waals surface area contributed by atoms with Crippen LogP contribution in [0.4, 0.5) is 0 Å². The molecule has 1 fully saturated rings. The van der Waals surface area contributed by atoms with Gasteiger partial charge in [0, 0.05) is 37.2 Å². The normalized spacial score (nSPS) is 17.4. The highest BCUT2D eigenvalue weighted by Crippen LogP contribution is 2.26. The van der Waals surface area contributed by atoms with Crippen molar-refractivity contribution in [2.75, 3.05) is 32.8 Å². The van der Waals surface area contributed by atoms with Crippen LogP contribution in [0.2, 0.25) is 5.02 Å². The van der Waals surface area contributed by atoms with Crippen LogP contribution in [-0.2, 0) is 14.8 Å². The predicted molar refractivity (Wildman–Crippen MR) is 105 cm³/mol. The Kier molecular flexibility index (Phi) is 6.44. The minimum absolute atomic E-state index is 0.115. The summed E-state index contributed by atoms with van der Waals surface area (Å²) in [6, 6.07) is 10.4. The summed E-state index contributed by atoms with van der Waals surface area (Å²) in [7, 11) is -3.79. The molecule has 0 bridgehead atoms. The minimum Gasteiger partial charge on any atom is -0.460 e. The molecule has 3 rings (SSSR count). The van der Waals surface area contributed by atoms with Crippen molar-refractivity contribution in [3.8, 4) is 0 Å². The number of esters is 1. The van der Waals surface area contributed by atoms with E-state index in [4.69, 9.17) is 20.8 Å². The van der Waals surface area contributed by atoms with Crippen molar-refractivity contribution in [3.63, 3.8) is 0 Å². The topological polar surface area (TPSA) is 80.1 Å². The number of ether oxygens (including phenoxy) is 1. The minimum atomic E-state index is -3.79. The van der Waals surface area contributed by atoms with E-state index in [1.165, 1.54) is 16.4 Å². The van der Waals surface area contributed by atoms with E-state index >= 15 is 0 Å². The maximum atomic E-state index is 12.8. The Hall–Kier alpha value is -1.87. The number of furan rings is 1. The molecule has 1 aliphatic heterocycles. The van der Waals surface area contributed by atoms with Gasteiger partial charge in [0.25, 0.3) is 10.0 Å². The van der Waals surface area contributed by atoms with E-state index < -0.39 is 16.0 Å². The van der Waals surface area contributed by atoms with Crippen LogP contribution >= 0.6 is 11.6 Å². The van der Waals surface area contributed by atoms with E-state index in [1.807, 2.05) is 24.3 Å². The van der Waals surface area contributed by atoms with Gasteiger partial charge in [-0.3, -0.25) is 4.90 Å². The predicted octanol–water partition coefficient (Wildman–Crippen LogP) is 3.18. The summed E-state index contributed by atoms with van der Waals surface area (Å²) in [5, 5.41) is 0.447. The molecule has 0 spiro atoms. The third kappa shape index (κ3) is 4.41. The van der Waals surface area contributed by atoms with E-state index in [1.54, 1.807) is 6.92 Å². The molecule has 0 amide bonds. The lowest BCUT2D eigenvalue weighted by atomic mass is 10.1. The molecule has 1 aliphatic rings. The Morgan fingerprint density at radius 1 is 1.14 bits per heavy atom. The van der Waals surface area contributed by atoms with Crippen molar-refractivity contribution >= 4 is 27.6 Å². The lowest BCUT2D eigenvalue weighted by Gasteiger charge is -2.37. The number of piperazine rings is 1. The van der Waals surface area contributed by atoms with Crippen molar-refractivity contribution in [2.24, 2.45) is 0 Å². The molecule has 0 radical (unpaired) electrons. The SMILES string of the molecule is CCOC(=O)c1ccc(S(=O)(=O)N2CCN(C(C)c3ccc(Cl)cc3)CC2)o1. The summed E-state index contributed by atoms with van der Waals surface area (Å²) in [6.07, 6.45) is 0. The summed E-state index contributed by atoms with van der Waals surface area (Å²) in [4.78, 5) is 13.9. The Labute approximate surface area is 169 Å². The molecule has 0 aliphatic carbocycles. The number of rotatable bonds is 6. The van der Waals surface area contributed by atoms with Gasteiger partial charge in [-0.05, 0) is 43.7 Å². The number of halogens is 1. The molecule has 1 aromatic heterocycles. The van der Waals surface area contributed by atoms with E-state index in [9.17, 15) is 13.2 Å². The fourth-order valence-electron chi connectivity index (χ4n) is 3.18. The van der Waals surface area contributed by atoms with Gasteiger partial charge in [0.05, 0.1) is 6.61 Å². The second-order valence-electron chi connectivity index (χ2n) is 6.51. The van der Waals surface area contributed by atoms with Gasteiger partial charge in [0.15, 0.2) is 0 Å². The molecule has 2 aromatic rings. The monoisotopic (exact) mass is 426 g/mol. The first kappa shape index (κ1) is 20.9. The third-order valence-electron chi connectivity index (χ3n) is 4.83. The summed E-state index contributed by atoms with van der Waals surface area (Å²) in [5.74, 6) is -0.791. The zero-order valence-electron chi connectivity index (χ0n) is 15.8. The zero-order chi connectivity index (χ0) is 20.3. The van der Waals surface area contributed by atoms with E-state index in [-0.39, 0.29) is 23.5 Å². The molecule has 9 heteroatoms. The van der Waals surface area contributed by atoms with Gasteiger partial charge in [-0.25, -0.2) is 13.2 Å². The maximum absolute atomic E-state index is 12.8. The highest BCUT2D eigenvalue weighted by Gasteiger charge is 2.33. The Morgan fingerprint density at radius 2 is 1.79 bits per heavy atom. The molecule has 2 heterocycles. The molecule has 0 saturated carbocycles. The van der Waals surface area contributed by atoms with Gasteiger partial charge in [-0.1, -0.05) is 23.7 Å². The average molecular weight is 427 g/mol. The van der Waals surface area contributed by atoms with Gasteiger partial charge in [-0.15, -0.1) is 0 Å². The van der Waals surface area contributed by atoms with Gasteiger partial charge < -0.3 is 9.15 Å². The van der Waals surface area contributed by atoms with Gasteiger partial charge in [-0.2, -0.15) is 4.31 Å². The second-order valence-corrected chi connectivity index (χ2v) is 8.81. The molecule has 0 N–H and O–H groups in total. The number of hydrogen-bond acceptors (Lipinski definition) is 6. The first-order chi connectivity index (χ1) is 13.3. The molecule has 1 saturated heterocycles. The van der Waals surface area contributed by atoms with Crippen molar-refractivity contribution in [3.05, 3.63) is 52.7 Å². The summed E-state index contributed by atoms with van der Waals surface area (Å²) in [5.41, 5.74) is 1.13. The standard InChI is InChI=1S/C19H23ClN2O5S/c1-3-26-19(23)17-8-9-18(27-17)28(24,25)22-12-10-21(11-13-22)14(2)15-4-6-16(20)7-5-15/h4-9,14H,3,10-13H2,1-2H3. The molecule has 1 atom stereocenters. The maximum Gasteiger partial charge on any atom is 0.374 e. The smallest absolute Gasteiger partial charge is 0.374 e. The van der Waals surface area contributed by atoms with E-state index in [2.05, 4.69) is 11.8 Å². The zero-order valence-corrected chi connectivity index (χ0v) is 17.4. The lowest BCUT2D eigenvalue weighted by molar-refractivity contribution is 0.0483. The number of sulfonamides is 1. The summed E-state index contributed by atoms with van der Waals surface area (Å²) < 4.78 is 37.1. The van der Waals surface area contributed by atoms with Crippen molar-refractivity contribution in [2.45, 2.75) is 25.0 Å². The largest absolute Gasteiger partial charge is 0.460 e. The van der Waals surface area contributed by atoms with E-state index in [0.29, 0.717) is 31.2 Å². The molecule has 1 aromatic carbocycles. The average Bonchev–Trinajstić information content (AvgIpc) is 3.20. The van der Waals surface area contributed by atoms with E-state index in [0.717, 1.165) is 5.56 Å². The molecule has 152 valence electrons. The number of benzene rings is 1. The van der Waals surface area contributed by atoms with Crippen LogP contribution in [0, 0.1) is 0 Å². The Bertz CT molecular complexity index is 918. The second kappa shape index (κ2) is 8.65. The van der Waals surface area contributed by atoms with Crippen LogP contribution in [-0.4, -0.2) is 56.4 Å². The fraction of sp³-hybridized carbons (Fsp3) is 0.421. The van der Waals surface area contributed by atoms with Crippen LogP contribution in [0.3, 0.4) is 0 Å². The van der Waals surface area contributed by atoms with Gasteiger partial charge in [0.2, 0.25) is 10.9 Å². The molecule has 7 nitrogen and oxygen atoms in total. The Balaban J connectivity index is 1.65. The first-order valence-corrected chi connectivity index (χ1v) is 10.9. The van der Waals surface area contributed by atoms with Crippen molar-refractivity contribution in [1.29, 1.82) is 0 Å². The van der Waals surface area contributed by atoms with Crippen LogP contribution in [0.25, 0.3) is 0 Å². The summed E-state index contributed by atoms with van der Waals surface area (Å²) in [6.45, 7) is 5.82. The van der Waals surface area contributed by atoms with Gasteiger partial charge >= 0.3 is 5.97 Å². The number of carbonyl (C=O) groups excluding carboxylic acids is 1. The van der Waals surface area contributed by atoms with Crippen LogP contribution < -0.4 is 0 Å². The summed E-state index contributed by atoms with van der Waals surface area (Å²) >= 11 is 5.94. The molecular weight excluding hydrogens is 404 g/mol. The van der Waals surface area contributed by atoms with Crippen LogP contribution in [0.15, 0.2) is 45.9 Å².